The van der Waals surface area contributed by atoms with Gasteiger partial charge in [0.1, 0.15) is 5.75 Å². The van der Waals surface area contributed by atoms with Crippen molar-refractivity contribution < 1.29 is 24.6 Å². The Balaban J connectivity index is 0.000000330. The lowest BCUT2D eigenvalue weighted by atomic mass is 10.0. The first-order chi connectivity index (χ1) is 13.5. The molecule has 7 nitrogen and oxygen atoms in total. The smallest absolute Gasteiger partial charge is 0.351 e. The second-order valence-electron chi connectivity index (χ2n) is 5.89. The minimum absolute atomic E-state index is 0.0865. The van der Waals surface area contributed by atoms with Crippen LogP contribution in [0.2, 0.25) is 0 Å². The molecule has 0 radical (unpaired) electrons. The Morgan fingerprint density at radius 2 is 1.96 bits per heavy atom. The maximum atomic E-state index is 12.9. The lowest BCUT2D eigenvalue weighted by Crippen LogP contribution is -2.30. The Kier molecular flexibility index (Phi) is 6.37. The summed E-state index contributed by atoms with van der Waals surface area (Å²) in [5, 5.41) is 17.4. The van der Waals surface area contributed by atoms with E-state index in [2.05, 4.69) is 16.0 Å². The zero-order valence-electron chi connectivity index (χ0n) is 14.5. The number of ketones is 1. The van der Waals surface area contributed by atoms with Crippen LogP contribution in [0.1, 0.15) is 10.4 Å². The summed E-state index contributed by atoms with van der Waals surface area (Å²) in [6.07, 6.45) is 5.58. The Morgan fingerprint density at radius 3 is 2.64 bits per heavy atom. The minimum Gasteiger partial charge on any atom is -0.539 e. The number of H-pyrrole nitrogens is 1. The maximum Gasteiger partial charge on any atom is 0.351 e. The van der Waals surface area contributed by atoms with Gasteiger partial charge in [-0.25, -0.2) is 4.79 Å². The molecule has 3 heterocycles. The Hall–Kier alpha value is -2.78. The Morgan fingerprint density at radius 1 is 1.21 bits per heavy atom. The summed E-state index contributed by atoms with van der Waals surface area (Å²) in [5.74, 6) is -1.81. The fourth-order valence-corrected chi connectivity index (χ4v) is 7.42. The molecular weight excluding hydrogens is 400 g/mol. The molecule has 2 N–H and O–H groups in total. The van der Waals surface area contributed by atoms with Crippen LogP contribution in [0.3, 0.4) is 0 Å². The van der Waals surface area contributed by atoms with Gasteiger partial charge in [0.25, 0.3) is 0 Å². The van der Waals surface area contributed by atoms with Crippen molar-refractivity contribution in [2.75, 3.05) is 11.5 Å². The summed E-state index contributed by atoms with van der Waals surface area (Å²) in [6, 6.07) is 12.1. The van der Waals surface area contributed by atoms with Crippen molar-refractivity contribution in [2.24, 2.45) is 5.92 Å². The van der Waals surface area contributed by atoms with Crippen molar-refractivity contribution in [3.63, 3.8) is 0 Å². The number of aromatic amines is 1. The number of Topliss-reactive ketones (excluding diaryl/α,β-unsaturated/α-hetero) is 1. The fourth-order valence-electron chi connectivity index (χ4n) is 2.74. The largest absolute Gasteiger partial charge is 0.539 e. The number of aromatic nitrogens is 2. The van der Waals surface area contributed by atoms with Crippen LogP contribution in [0.15, 0.2) is 59.9 Å². The Labute approximate surface area is 166 Å². The van der Waals surface area contributed by atoms with Gasteiger partial charge in [-0.3, -0.25) is 9.78 Å². The monoisotopic (exact) mass is 416 g/mol. The zero-order valence-corrected chi connectivity index (χ0v) is 16.2. The molecule has 0 spiro atoms. The van der Waals surface area contributed by atoms with E-state index in [1.54, 1.807) is 6.20 Å². The van der Waals surface area contributed by atoms with E-state index < -0.39 is 11.9 Å². The first kappa shape index (κ1) is 20.0. The van der Waals surface area contributed by atoms with Gasteiger partial charge in [-0.05, 0) is 18.2 Å². The van der Waals surface area contributed by atoms with E-state index in [-0.39, 0.29) is 21.6 Å². The average Bonchev–Trinajstić information content (AvgIpc) is 3.36. The lowest BCUT2D eigenvalue weighted by molar-refractivity contribution is -0.303. The molecule has 1 aromatic carbocycles. The quantitative estimate of drug-likeness (QED) is 0.287. The number of benzene rings is 1. The topological polar surface area (TPSA) is 123 Å². The summed E-state index contributed by atoms with van der Waals surface area (Å²) < 4.78 is 0. The number of carbonyl (C=O) groups is 3. The molecule has 9 heteroatoms. The third kappa shape index (κ3) is 4.55. The first-order valence-corrected chi connectivity index (χ1v) is 11.2. The number of para-hydroxylation sites is 1. The molecule has 28 heavy (non-hydrogen) atoms. The summed E-state index contributed by atoms with van der Waals surface area (Å²) >= 11 is 0. The second-order valence-corrected chi connectivity index (χ2v) is 9.87. The van der Waals surface area contributed by atoms with Crippen molar-refractivity contribution in [3.8, 4) is 0 Å². The molecule has 144 valence electrons. The van der Waals surface area contributed by atoms with Crippen molar-refractivity contribution >= 4 is 49.3 Å². The van der Waals surface area contributed by atoms with Gasteiger partial charge in [0, 0.05) is 28.9 Å². The third-order valence-corrected chi connectivity index (χ3v) is 8.60. The van der Waals surface area contributed by atoms with Crippen molar-refractivity contribution in [2.45, 2.75) is 4.90 Å². The van der Waals surface area contributed by atoms with Crippen LogP contribution in [-0.2, 0) is 19.5 Å². The highest BCUT2D eigenvalue weighted by molar-refractivity contribution is 8.74. The highest BCUT2D eigenvalue weighted by Gasteiger charge is 2.41. The van der Waals surface area contributed by atoms with Gasteiger partial charge >= 0.3 is 5.97 Å². The average molecular weight is 416 g/mol. The molecule has 0 saturated carbocycles. The summed E-state index contributed by atoms with van der Waals surface area (Å²) in [6.45, 7) is 0. The Bertz CT molecular complexity index is 994. The second kappa shape index (κ2) is 8.94. The summed E-state index contributed by atoms with van der Waals surface area (Å²) in [7, 11) is 1.98. The highest BCUT2D eigenvalue weighted by Crippen LogP contribution is 2.38. The molecule has 1 aliphatic heterocycles. The van der Waals surface area contributed by atoms with Crippen LogP contribution in [0.4, 0.5) is 0 Å². The number of hydrogen-bond acceptors (Lipinski definition) is 6. The number of nitrogens with one attached hydrogen (secondary N) is 1. The number of fused-ring (bicyclic) bond motifs is 1. The third-order valence-electron chi connectivity index (χ3n) is 4.06. The molecule has 2 aromatic heterocycles. The van der Waals surface area contributed by atoms with E-state index in [1.807, 2.05) is 53.5 Å². The van der Waals surface area contributed by atoms with Gasteiger partial charge in [0.05, 0.1) is 38.6 Å². The van der Waals surface area contributed by atoms with Gasteiger partial charge in [-0.2, -0.15) is 0 Å². The molecular formula is C19H16N2O5S2. The van der Waals surface area contributed by atoms with Gasteiger partial charge in [-0.15, -0.1) is 0 Å². The van der Waals surface area contributed by atoms with Crippen molar-refractivity contribution in [3.05, 3.63) is 60.6 Å². The number of carboxylic acid groups (broad SMARTS) is 2. The molecule has 0 amide bonds. The number of carbonyl (C=O) groups excluding carboxylic acids is 2. The molecule has 1 fully saturated rings. The van der Waals surface area contributed by atoms with Crippen LogP contribution in [0.5, 0.6) is 0 Å². The van der Waals surface area contributed by atoms with E-state index in [1.165, 1.54) is 4.90 Å². The molecule has 0 bridgehead atoms. The molecule has 2 unspecified atom stereocenters. The lowest BCUT2D eigenvalue weighted by Gasteiger charge is -2.03. The molecule has 2 atom stereocenters. The van der Waals surface area contributed by atoms with E-state index >= 15 is 0 Å². The van der Waals surface area contributed by atoms with Crippen LogP contribution < -0.4 is 5.11 Å². The number of nitrogens with zero attached hydrogens (tertiary/aromatic N) is 1. The first-order valence-electron chi connectivity index (χ1n) is 8.26. The van der Waals surface area contributed by atoms with Crippen LogP contribution in [-0.4, -0.2) is 44.3 Å². The number of rotatable bonds is 3. The SMILES string of the molecule is O=C([O-])C(=O)O.O=C(c1c[nH]c2ccccc12)C1CS[S+](c2cccnc2)C1. The number of pyridine rings is 1. The summed E-state index contributed by atoms with van der Waals surface area (Å²) in [5.41, 5.74) is 1.86. The van der Waals surface area contributed by atoms with Gasteiger partial charge in [-0.1, -0.05) is 18.2 Å². The van der Waals surface area contributed by atoms with Crippen LogP contribution in [0, 0.1) is 5.92 Å². The number of aliphatic carboxylic acids is 2. The van der Waals surface area contributed by atoms with E-state index in [9.17, 15) is 4.79 Å². The molecule has 3 aromatic rings. The van der Waals surface area contributed by atoms with Gasteiger partial charge in [0.15, 0.2) is 16.6 Å². The molecule has 4 rings (SSSR count). The van der Waals surface area contributed by atoms with Crippen molar-refractivity contribution in [1.82, 2.24) is 9.97 Å². The van der Waals surface area contributed by atoms with E-state index in [4.69, 9.17) is 19.8 Å². The normalized spacial score (nSPS) is 18.3. The standard InChI is InChI=1S/C17H14N2OS2.C2H2O4/c20-17(15-9-19-16-6-2-1-5-14(15)16)12-10-21-22(11-12)13-4-3-7-18-8-13;3-1(4)2(5)6/h1-9,12H,10-11H2;(H,3,4)(H,5,6). The number of hydrogen-bond donors (Lipinski definition) is 2. The van der Waals surface area contributed by atoms with Gasteiger partial charge in [0.2, 0.25) is 0 Å². The molecule has 0 aliphatic carbocycles. The number of carboxylic acids is 2. The van der Waals surface area contributed by atoms with E-state index in [0.717, 1.165) is 28.0 Å². The van der Waals surface area contributed by atoms with Crippen molar-refractivity contribution in [1.29, 1.82) is 0 Å². The highest BCUT2D eigenvalue weighted by atomic mass is 33.1. The predicted octanol–water partition coefficient (Wildman–Crippen LogP) is 1.52. The maximum absolute atomic E-state index is 12.9. The fraction of sp³-hybridized carbons (Fsp3) is 0.158. The predicted molar refractivity (Wildman–Crippen MR) is 106 cm³/mol. The van der Waals surface area contributed by atoms with Crippen LogP contribution >= 0.6 is 10.8 Å². The van der Waals surface area contributed by atoms with Crippen LogP contribution in [0.25, 0.3) is 10.9 Å². The zero-order chi connectivity index (χ0) is 20.1. The molecule has 1 aliphatic rings. The van der Waals surface area contributed by atoms with E-state index in [0.29, 0.717) is 0 Å². The summed E-state index contributed by atoms with van der Waals surface area (Å²) in [4.78, 5) is 39.5. The van der Waals surface area contributed by atoms with Gasteiger partial charge < -0.3 is 20.0 Å². The minimum atomic E-state index is -2.07. The molecule has 1 saturated heterocycles.